The van der Waals surface area contributed by atoms with E-state index in [2.05, 4.69) is 11.1 Å². The van der Waals surface area contributed by atoms with Gasteiger partial charge in [-0.15, -0.1) is 0 Å². The first-order valence-corrected chi connectivity index (χ1v) is 19.5. The molecule has 3 saturated carbocycles. The second-order valence-corrected chi connectivity index (χ2v) is 14.8. The highest BCUT2D eigenvalue weighted by Crippen LogP contribution is 2.45. The summed E-state index contributed by atoms with van der Waals surface area (Å²) in [6.07, 6.45) is 13.8. The zero-order valence-electron chi connectivity index (χ0n) is 32.4. The van der Waals surface area contributed by atoms with E-state index in [1.807, 2.05) is 42.5 Å². The summed E-state index contributed by atoms with van der Waals surface area (Å²) in [6, 6.07) is 19.7. The lowest BCUT2D eigenvalue weighted by Crippen LogP contribution is -2.31. The first-order valence-electron chi connectivity index (χ1n) is 19.5. The first kappa shape index (κ1) is 39.5. The molecule has 4 aromatic rings. The molecule has 0 unspecified atom stereocenters. The van der Waals surface area contributed by atoms with Gasteiger partial charge in [0.05, 0.1) is 45.0 Å². The molecule has 3 fully saturated rings. The SMILES string of the molecule is COC(=O)CC1CCC(C#N)(c2ccc(OC)c(OC3CCCC3)c2)CC1.COc1ccc(Cc2nc3cccc(OC(C)=O)c3o2)cc1OC1CCCC1. The quantitative estimate of drug-likeness (QED) is 0.101. The number of benzene rings is 3. The lowest BCUT2D eigenvalue weighted by molar-refractivity contribution is -0.142. The molecular weight excluding hydrogens is 700 g/mol. The van der Waals surface area contributed by atoms with E-state index in [9.17, 15) is 14.9 Å². The molecule has 7 rings (SSSR count). The summed E-state index contributed by atoms with van der Waals surface area (Å²) < 4.78 is 39.2. The Morgan fingerprint density at radius 2 is 1.42 bits per heavy atom. The second-order valence-electron chi connectivity index (χ2n) is 14.8. The maximum absolute atomic E-state index is 11.5. The lowest BCUT2D eigenvalue weighted by atomic mass is 9.67. The number of oxazole rings is 1. The standard InChI is InChI=1S/C22H23NO5.C22H29NO4/c1-14(24)26-19-9-5-8-17-22(19)28-21(23-17)13-15-10-11-18(25-2)20(12-15)27-16-6-3-4-7-16;1-25-19-8-7-17(14-20(19)27-18-5-3-4-6-18)22(15-23)11-9-16(10-12-22)13-21(24)26-2/h5,8-12,16H,3-4,6-7,13H2,1-2H3;7-8,14,16,18H,3-6,9-13H2,1-2H3. The molecule has 0 saturated heterocycles. The van der Waals surface area contributed by atoms with E-state index in [1.165, 1.54) is 39.7 Å². The van der Waals surface area contributed by atoms with E-state index < -0.39 is 11.4 Å². The Kier molecular flexibility index (Phi) is 13.2. The number of esters is 2. The average molecular weight is 753 g/mol. The number of hydrogen-bond acceptors (Lipinski definition) is 11. The summed E-state index contributed by atoms with van der Waals surface area (Å²) in [5, 5.41) is 10.00. The number of methoxy groups -OCH3 is 3. The third kappa shape index (κ3) is 9.90. The largest absolute Gasteiger partial charge is 0.493 e. The van der Waals surface area contributed by atoms with Gasteiger partial charge >= 0.3 is 11.9 Å². The number of aromatic nitrogens is 1. The number of nitriles is 1. The Bertz CT molecular complexity index is 1960. The fourth-order valence-electron chi connectivity index (χ4n) is 7.98. The van der Waals surface area contributed by atoms with Gasteiger partial charge in [0.1, 0.15) is 5.52 Å². The van der Waals surface area contributed by atoms with Gasteiger partial charge in [-0.25, -0.2) is 4.98 Å². The van der Waals surface area contributed by atoms with Crippen molar-refractivity contribution in [3.05, 3.63) is 71.6 Å². The molecule has 3 aromatic carbocycles. The summed E-state index contributed by atoms with van der Waals surface area (Å²) in [4.78, 5) is 27.3. The molecule has 3 aliphatic rings. The number of hydrogen-bond donors (Lipinski definition) is 0. The fraction of sp³-hybridized carbons (Fsp3) is 0.500. The van der Waals surface area contributed by atoms with Gasteiger partial charge < -0.3 is 32.8 Å². The van der Waals surface area contributed by atoms with E-state index in [4.69, 9.17) is 32.8 Å². The molecule has 11 nitrogen and oxygen atoms in total. The van der Waals surface area contributed by atoms with Gasteiger partial charge in [0.15, 0.2) is 40.2 Å². The van der Waals surface area contributed by atoms with Crippen molar-refractivity contribution in [1.82, 2.24) is 4.98 Å². The molecule has 0 radical (unpaired) electrons. The minimum atomic E-state index is -0.521. The van der Waals surface area contributed by atoms with Crippen molar-refractivity contribution in [3.63, 3.8) is 0 Å². The average Bonchev–Trinajstić information content (AvgIpc) is 3.99. The Morgan fingerprint density at radius 3 is 2.00 bits per heavy atom. The molecule has 0 atom stereocenters. The fourth-order valence-corrected chi connectivity index (χ4v) is 7.98. The Hall–Kier alpha value is -5.24. The number of para-hydroxylation sites is 1. The number of nitrogens with zero attached hydrogens (tertiary/aromatic N) is 2. The zero-order valence-corrected chi connectivity index (χ0v) is 32.4. The predicted molar refractivity (Wildman–Crippen MR) is 206 cm³/mol. The van der Waals surface area contributed by atoms with Crippen LogP contribution in [0.4, 0.5) is 0 Å². The van der Waals surface area contributed by atoms with Gasteiger partial charge in [-0.2, -0.15) is 5.26 Å². The van der Waals surface area contributed by atoms with Crippen LogP contribution in [-0.2, 0) is 26.2 Å². The smallest absolute Gasteiger partial charge is 0.308 e. The van der Waals surface area contributed by atoms with Crippen LogP contribution in [0.3, 0.4) is 0 Å². The van der Waals surface area contributed by atoms with Crippen LogP contribution < -0.4 is 23.7 Å². The topological polar surface area (TPSA) is 139 Å². The number of carbonyl (C=O) groups is 2. The molecule has 0 spiro atoms. The van der Waals surface area contributed by atoms with Crippen LogP contribution in [0.1, 0.15) is 107 Å². The van der Waals surface area contributed by atoms with Gasteiger partial charge in [0, 0.05) is 19.8 Å². The van der Waals surface area contributed by atoms with Crippen molar-refractivity contribution >= 4 is 23.0 Å². The Balaban J connectivity index is 0.000000187. The highest BCUT2D eigenvalue weighted by Gasteiger charge is 2.38. The maximum Gasteiger partial charge on any atom is 0.308 e. The molecule has 0 bridgehead atoms. The van der Waals surface area contributed by atoms with E-state index in [-0.39, 0.29) is 18.2 Å². The van der Waals surface area contributed by atoms with Crippen molar-refractivity contribution in [1.29, 1.82) is 5.26 Å². The normalized spacial score (nSPS) is 19.9. The van der Waals surface area contributed by atoms with Crippen LogP contribution in [0.15, 0.2) is 59.0 Å². The molecule has 0 amide bonds. The second kappa shape index (κ2) is 18.4. The maximum atomic E-state index is 11.5. The highest BCUT2D eigenvalue weighted by atomic mass is 16.5. The molecule has 3 aliphatic carbocycles. The monoisotopic (exact) mass is 752 g/mol. The number of rotatable bonds is 12. The van der Waals surface area contributed by atoms with Crippen molar-refractivity contribution in [2.75, 3.05) is 21.3 Å². The Labute approximate surface area is 323 Å². The molecule has 1 aromatic heterocycles. The summed E-state index contributed by atoms with van der Waals surface area (Å²) in [6.45, 7) is 1.36. The van der Waals surface area contributed by atoms with Crippen LogP contribution in [0.2, 0.25) is 0 Å². The van der Waals surface area contributed by atoms with Crippen molar-refractivity contribution in [3.8, 4) is 34.8 Å². The van der Waals surface area contributed by atoms with Crippen LogP contribution in [0, 0.1) is 17.2 Å². The van der Waals surface area contributed by atoms with Crippen LogP contribution in [0.25, 0.3) is 11.1 Å². The van der Waals surface area contributed by atoms with Crippen LogP contribution in [-0.4, -0.2) is 50.5 Å². The molecule has 55 heavy (non-hydrogen) atoms. The van der Waals surface area contributed by atoms with Crippen LogP contribution >= 0.6 is 0 Å². The molecule has 292 valence electrons. The van der Waals surface area contributed by atoms with E-state index in [1.54, 1.807) is 26.4 Å². The summed E-state index contributed by atoms with van der Waals surface area (Å²) in [7, 11) is 4.72. The number of ether oxygens (including phenoxy) is 6. The third-order valence-corrected chi connectivity index (χ3v) is 11.0. The number of carbonyl (C=O) groups excluding carboxylic acids is 2. The van der Waals surface area contributed by atoms with Gasteiger partial charge in [0.25, 0.3) is 0 Å². The van der Waals surface area contributed by atoms with Gasteiger partial charge in [0.2, 0.25) is 0 Å². The van der Waals surface area contributed by atoms with E-state index >= 15 is 0 Å². The minimum Gasteiger partial charge on any atom is -0.493 e. The van der Waals surface area contributed by atoms with E-state index in [0.29, 0.717) is 41.5 Å². The van der Waals surface area contributed by atoms with Gasteiger partial charge in [-0.3, -0.25) is 9.59 Å². The van der Waals surface area contributed by atoms with Gasteiger partial charge in [-0.05, 0) is 130 Å². The molecule has 11 heteroatoms. The van der Waals surface area contributed by atoms with Crippen molar-refractivity contribution in [2.45, 2.75) is 114 Å². The van der Waals surface area contributed by atoms with Gasteiger partial charge in [-0.1, -0.05) is 18.2 Å². The molecule has 0 aliphatic heterocycles. The third-order valence-electron chi connectivity index (χ3n) is 11.0. The van der Waals surface area contributed by atoms with Crippen LogP contribution in [0.5, 0.6) is 28.7 Å². The summed E-state index contributed by atoms with van der Waals surface area (Å²) >= 11 is 0. The molecule has 1 heterocycles. The Morgan fingerprint density at radius 1 is 0.800 bits per heavy atom. The first-order chi connectivity index (χ1) is 26.7. The van der Waals surface area contributed by atoms with Crippen molar-refractivity contribution < 1.29 is 42.4 Å². The highest BCUT2D eigenvalue weighted by molar-refractivity contribution is 5.82. The zero-order chi connectivity index (χ0) is 38.8. The molecular formula is C44H52N2O9. The molecule has 0 N–H and O–H groups in total. The predicted octanol–water partition coefficient (Wildman–Crippen LogP) is 9.21. The summed E-state index contributed by atoms with van der Waals surface area (Å²) in [5.41, 5.74) is 2.62. The van der Waals surface area contributed by atoms with Crippen molar-refractivity contribution in [2.24, 2.45) is 5.92 Å². The van der Waals surface area contributed by atoms with E-state index in [0.717, 1.165) is 85.5 Å². The lowest BCUT2D eigenvalue weighted by Gasteiger charge is -2.35. The summed E-state index contributed by atoms with van der Waals surface area (Å²) in [5.74, 6) is 3.61. The minimum absolute atomic E-state index is 0.166. The number of fused-ring (bicyclic) bond motifs is 1.